The number of aliphatic carboxylic acids is 1. The van der Waals surface area contributed by atoms with Crippen molar-refractivity contribution in [3.63, 3.8) is 0 Å². The lowest BCUT2D eigenvalue weighted by atomic mass is 9.77. The third kappa shape index (κ3) is 3.48. The maximum Gasteiger partial charge on any atom is 0.329 e. The fourth-order valence-electron chi connectivity index (χ4n) is 3.44. The van der Waals surface area contributed by atoms with E-state index < -0.39 is 11.5 Å². The Morgan fingerprint density at radius 1 is 1.16 bits per heavy atom. The van der Waals surface area contributed by atoms with Crippen molar-refractivity contribution >= 4 is 11.9 Å². The van der Waals surface area contributed by atoms with Crippen LogP contribution in [0.15, 0.2) is 0 Å². The second-order valence-electron chi connectivity index (χ2n) is 6.47. The largest absolute Gasteiger partial charge is 0.480 e. The van der Waals surface area contributed by atoms with Crippen molar-refractivity contribution < 1.29 is 14.7 Å². The average Bonchev–Trinajstić information content (AvgIpc) is 2.84. The average molecular weight is 267 g/mol. The minimum absolute atomic E-state index is 0.0659. The van der Waals surface area contributed by atoms with Crippen molar-refractivity contribution in [3.05, 3.63) is 0 Å². The van der Waals surface area contributed by atoms with Crippen LogP contribution in [-0.2, 0) is 9.59 Å². The van der Waals surface area contributed by atoms with Gasteiger partial charge < -0.3 is 10.4 Å². The summed E-state index contributed by atoms with van der Waals surface area (Å²) in [5.74, 6) is 0.107. The van der Waals surface area contributed by atoms with Crippen LogP contribution in [0, 0.1) is 11.8 Å². The summed E-state index contributed by atoms with van der Waals surface area (Å²) >= 11 is 0. The molecule has 0 aliphatic heterocycles. The second-order valence-corrected chi connectivity index (χ2v) is 6.47. The summed E-state index contributed by atoms with van der Waals surface area (Å²) < 4.78 is 0. The molecule has 0 atom stereocenters. The van der Waals surface area contributed by atoms with Gasteiger partial charge in [0.1, 0.15) is 5.54 Å². The van der Waals surface area contributed by atoms with Gasteiger partial charge in [-0.3, -0.25) is 4.79 Å². The summed E-state index contributed by atoms with van der Waals surface area (Å²) in [5.41, 5.74) is -0.998. The predicted octanol–water partition coefficient (Wildman–Crippen LogP) is 2.72. The Hall–Kier alpha value is -1.06. The minimum atomic E-state index is -0.998. The number of amides is 1. The lowest BCUT2D eigenvalue weighted by Crippen LogP contribution is -2.56. The molecule has 19 heavy (non-hydrogen) atoms. The highest BCUT2D eigenvalue weighted by Gasteiger charge is 2.42. The summed E-state index contributed by atoms with van der Waals surface area (Å²) in [7, 11) is 0. The van der Waals surface area contributed by atoms with E-state index in [0.717, 1.165) is 25.7 Å². The highest BCUT2D eigenvalue weighted by Crippen LogP contribution is 2.33. The van der Waals surface area contributed by atoms with Crippen LogP contribution in [0.1, 0.15) is 64.7 Å². The molecule has 2 fully saturated rings. The van der Waals surface area contributed by atoms with Crippen molar-refractivity contribution in [3.8, 4) is 0 Å². The fourth-order valence-corrected chi connectivity index (χ4v) is 3.44. The first-order valence-electron chi connectivity index (χ1n) is 7.56. The van der Waals surface area contributed by atoms with E-state index in [9.17, 15) is 14.7 Å². The molecular weight excluding hydrogens is 242 g/mol. The Bertz CT molecular complexity index is 339. The number of carboxylic acids is 1. The van der Waals surface area contributed by atoms with Crippen LogP contribution in [0.25, 0.3) is 0 Å². The van der Waals surface area contributed by atoms with Gasteiger partial charge in [0.05, 0.1) is 0 Å². The first-order valence-corrected chi connectivity index (χ1v) is 7.56. The molecule has 1 amide bonds. The Morgan fingerprint density at radius 2 is 1.74 bits per heavy atom. The molecule has 0 bridgehead atoms. The van der Waals surface area contributed by atoms with Crippen LogP contribution < -0.4 is 5.32 Å². The SMILES string of the molecule is CC1CCC(NC(=O)CC2CCCC2)(C(=O)O)CC1. The Balaban J connectivity index is 1.92. The maximum atomic E-state index is 12.1. The number of carbonyl (C=O) groups excluding carboxylic acids is 1. The zero-order valence-electron chi connectivity index (χ0n) is 11.8. The van der Waals surface area contributed by atoms with Crippen LogP contribution in [0.5, 0.6) is 0 Å². The second kappa shape index (κ2) is 5.93. The van der Waals surface area contributed by atoms with Gasteiger partial charge in [-0.15, -0.1) is 0 Å². The lowest BCUT2D eigenvalue weighted by Gasteiger charge is -2.36. The van der Waals surface area contributed by atoms with Crippen molar-refractivity contribution in [2.45, 2.75) is 70.3 Å². The van der Waals surface area contributed by atoms with E-state index in [1.807, 2.05) is 0 Å². The summed E-state index contributed by atoms with van der Waals surface area (Å²) in [6.45, 7) is 2.14. The van der Waals surface area contributed by atoms with Gasteiger partial charge in [-0.25, -0.2) is 4.79 Å². The Morgan fingerprint density at radius 3 is 2.26 bits per heavy atom. The molecule has 2 N–H and O–H groups in total. The Labute approximate surface area is 115 Å². The molecule has 2 saturated carbocycles. The van der Waals surface area contributed by atoms with Gasteiger partial charge in [0, 0.05) is 6.42 Å². The molecule has 4 heteroatoms. The van der Waals surface area contributed by atoms with Crippen LogP contribution in [0.3, 0.4) is 0 Å². The minimum Gasteiger partial charge on any atom is -0.480 e. The summed E-state index contributed by atoms with van der Waals surface area (Å²) in [4.78, 5) is 23.6. The molecule has 0 saturated heterocycles. The van der Waals surface area contributed by atoms with Crippen molar-refractivity contribution in [1.82, 2.24) is 5.32 Å². The van der Waals surface area contributed by atoms with E-state index in [4.69, 9.17) is 0 Å². The molecule has 0 aromatic heterocycles. The molecule has 0 unspecified atom stereocenters. The number of hydrogen-bond donors (Lipinski definition) is 2. The zero-order chi connectivity index (χ0) is 13.9. The number of nitrogens with one attached hydrogen (secondary N) is 1. The van der Waals surface area contributed by atoms with Gasteiger partial charge >= 0.3 is 5.97 Å². The molecule has 0 radical (unpaired) electrons. The molecule has 2 aliphatic rings. The number of carbonyl (C=O) groups is 2. The normalized spacial score (nSPS) is 32.2. The third-order valence-electron chi connectivity index (χ3n) is 4.86. The highest BCUT2D eigenvalue weighted by atomic mass is 16.4. The molecule has 0 heterocycles. The topological polar surface area (TPSA) is 66.4 Å². The molecule has 108 valence electrons. The molecule has 4 nitrogen and oxygen atoms in total. The monoisotopic (exact) mass is 267 g/mol. The van der Waals surface area contributed by atoms with Gasteiger partial charge in [0.25, 0.3) is 0 Å². The van der Waals surface area contributed by atoms with Crippen molar-refractivity contribution in [2.75, 3.05) is 0 Å². The van der Waals surface area contributed by atoms with Gasteiger partial charge in [0.2, 0.25) is 5.91 Å². The standard InChI is InChI=1S/C15H25NO3/c1-11-6-8-15(9-7-11,14(18)19)16-13(17)10-12-4-2-3-5-12/h11-12H,2-10H2,1H3,(H,16,17)(H,18,19). The number of rotatable bonds is 4. The molecular formula is C15H25NO3. The van der Waals surface area contributed by atoms with Crippen LogP contribution in [0.4, 0.5) is 0 Å². The van der Waals surface area contributed by atoms with Crippen LogP contribution >= 0.6 is 0 Å². The van der Waals surface area contributed by atoms with Gasteiger partial charge in [0.15, 0.2) is 0 Å². The van der Waals surface area contributed by atoms with Crippen LogP contribution in [0.2, 0.25) is 0 Å². The van der Waals surface area contributed by atoms with Gasteiger partial charge in [-0.1, -0.05) is 19.8 Å². The fraction of sp³-hybridized carbons (Fsp3) is 0.867. The number of hydrogen-bond acceptors (Lipinski definition) is 2. The number of carboxylic acid groups (broad SMARTS) is 1. The van der Waals surface area contributed by atoms with Crippen molar-refractivity contribution in [1.29, 1.82) is 0 Å². The highest BCUT2D eigenvalue weighted by molar-refractivity contribution is 5.87. The molecule has 0 aromatic carbocycles. The first kappa shape index (κ1) is 14.4. The predicted molar refractivity (Wildman–Crippen MR) is 72.7 cm³/mol. The van der Waals surface area contributed by atoms with E-state index in [-0.39, 0.29) is 5.91 Å². The van der Waals surface area contributed by atoms with Crippen molar-refractivity contribution in [2.24, 2.45) is 11.8 Å². The lowest BCUT2D eigenvalue weighted by molar-refractivity contribution is -0.149. The van der Waals surface area contributed by atoms with E-state index in [1.54, 1.807) is 0 Å². The van der Waals surface area contributed by atoms with Gasteiger partial charge in [-0.2, -0.15) is 0 Å². The summed E-state index contributed by atoms with van der Waals surface area (Å²) in [5, 5.41) is 12.3. The van der Waals surface area contributed by atoms with E-state index in [1.165, 1.54) is 12.8 Å². The molecule has 2 rings (SSSR count). The first-order chi connectivity index (χ1) is 9.02. The molecule has 0 spiro atoms. The summed E-state index contributed by atoms with van der Waals surface area (Å²) in [6, 6.07) is 0. The zero-order valence-corrected chi connectivity index (χ0v) is 11.8. The maximum absolute atomic E-state index is 12.1. The van der Waals surface area contributed by atoms with Gasteiger partial charge in [-0.05, 0) is 50.4 Å². The Kier molecular flexibility index (Phi) is 4.48. The quantitative estimate of drug-likeness (QED) is 0.823. The van der Waals surface area contributed by atoms with Crippen LogP contribution in [-0.4, -0.2) is 22.5 Å². The van der Waals surface area contributed by atoms with E-state index >= 15 is 0 Å². The summed E-state index contributed by atoms with van der Waals surface area (Å²) in [6.07, 6.45) is 8.06. The van der Waals surface area contributed by atoms with E-state index in [2.05, 4.69) is 12.2 Å². The third-order valence-corrected chi connectivity index (χ3v) is 4.86. The molecule has 2 aliphatic carbocycles. The molecule has 0 aromatic rings. The van der Waals surface area contributed by atoms with E-state index in [0.29, 0.717) is 31.1 Å². The smallest absolute Gasteiger partial charge is 0.329 e.